The largest absolute Gasteiger partial charge is 0.369 e. The molecule has 0 N–H and O–H groups in total. The van der Waals surface area contributed by atoms with Crippen LogP contribution in [-0.2, 0) is 4.74 Å². The van der Waals surface area contributed by atoms with Crippen LogP contribution in [0.2, 0.25) is 0 Å². The summed E-state index contributed by atoms with van der Waals surface area (Å²) in [4.78, 5) is 0. The summed E-state index contributed by atoms with van der Waals surface area (Å²) in [6.45, 7) is 6.36. The molecule has 25 heavy (non-hydrogen) atoms. The van der Waals surface area contributed by atoms with Crippen LogP contribution < -0.4 is 0 Å². The fraction of sp³-hybridized carbons (Fsp3) is 1.00. The van der Waals surface area contributed by atoms with Gasteiger partial charge in [0.1, 0.15) is 0 Å². The van der Waals surface area contributed by atoms with Gasteiger partial charge in [0.05, 0.1) is 12.2 Å². The molecule has 1 aliphatic heterocycles. The zero-order chi connectivity index (χ0) is 16.9. The van der Waals surface area contributed by atoms with Gasteiger partial charge in [-0.2, -0.15) is 0 Å². The van der Waals surface area contributed by atoms with Crippen LogP contribution in [0.1, 0.15) is 90.9 Å². The predicted molar refractivity (Wildman–Crippen MR) is 101 cm³/mol. The average molecular weight is 343 g/mol. The molecule has 0 aromatic heterocycles. The van der Waals surface area contributed by atoms with Gasteiger partial charge in [0, 0.05) is 0 Å². The smallest absolute Gasteiger partial charge is 0.0949 e. The molecule has 6 fully saturated rings. The van der Waals surface area contributed by atoms with Crippen LogP contribution in [0.3, 0.4) is 0 Å². The minimum Gasteiger partial charge on any atom is -0.369 e. The molecule has 3 unspecified atom stereocenters. The topological polar surface area (TPSA) is 12.5 Å². The quantitative estimate of drug-likeness (QED) is 0.476. The van der Waals surface area contributed by atoms with Crippen molar-refractivity contribution in [3.63, 3.8) is 0 Å². The Hall–Kier alpha value is -0.0400. The third-order valence-electron chi connectivity index (χ3n) is 11.0. The lowest BCUT2D eigenvalue weighted by molar-refractivity contribution is -0.136. The lowest BCUT2D eigenvalue weighted by Crippen LogP contribution is -2.56. The third-order valence-corrected chi connectivity index (χ3v) is 11.0. The van der Waals surface area contributed by atoms with Crippen LogP contribution in [-0.4, -0.2) is 12.2 Å². The number of hydrogen-bond donors (Lipinski definition) is 0. The molecular weight excluding hydrogens is 304 g/mol. The first kappa shape index (κ1) is 16.0. The highest BCUT2D eigenvalue weighted by molar-refractivity contribution is 5.17. The van der Waals surface area contributed by atoms with Crippen molar-refractivity contribution in [2.24, 2.45) is 46.3 Å². The van der Waals surface area contributed by atoms with Crippen molar-refractivity contribution in [1.82, 2.24) is 0 Å². The Morgan fingerprint density at radius 3 is 2.56 bits per heavy atom. The number of hydrogen-bond acceptors (Lipinski definition) is 1. The van der Waals surface area contributed by atoms with Gasteiger partial charge in [-0.25, -0.2) is 0 Å². The molecule has 140 valence electrons. The molecule has 2 spiro atoms. The van der Waals surface area contributed by atoms with Crippen LogP contribution in [0.25, 0.3) is 0 Å². The molecule has 5 saturated carbocycles. The van der Waals surface area contributed by atoms with Gasteiger partial charge in [-0.15, -0.1) is 0 Å². The first-order chi connectivity index (χ1) is 12.1. The first-order valence-corrected chi connectivity index (χ1v) is 11.7. The van der Waals surface area contributed by atoms with Gasteiger partial charge in [-0.3, -0.25) is 0 Å². The summed E-state index contributed by atoms with van der Waals surface area (Å²) in [5, 5.41) is 0. The maximum atomic E-state index is 6.15. The van der Waals surface area contributed by atoms with Gasteiger partial charge in [-0.05, 0) is 117 Å². The van der Waals surface area contributed by atoms with Crippen molar-refractivity contribution >= 4 is 0 Å². The van der Waals surface area contributed by atoms with Gasteiger partial charge in [0.25, 0.3) is 0 Å². The van der Waals surface area contributed by atoms with E-state index in [1.807, 2.05) is 0 Å². The maximum Gasteiger partial charge on any atom is 0.0949 e. The highest BCUT2D eigenvalue weighted by atomic mass is 16.6. The van der Waals surface area contributed by atoms with Crippen molar-refractivity contribution in [2.45, 2.75) is 96.5 Å². The highest BCUT2D eigenvalue weighted by Gasteiger charge is 2.69. The summed E-state index contributed by atoms with van der Waals surface area (Å²) in [7, 11) is 0. The van der Waals surface area contributed by atoms with Crippen LogP contribution in [0, 0.1) is 46.3 Å². The molecule has 6 aliphatic rings. The molecule has 0 radical (unpaired) electrons. The van der Waals surface area contributed by atoms with E-state index >= 15 is 0 Å². The standard InChI is InChI=1S/C24H38O/c1-16-8-12-22(2)17(14-16)4-5-18-19(22)9-13-23-10-3-11-24(15-25-24)21(23)7-6-20(18)23/h16-21H,3-15H2,1-2H3/t16-,17+,18?,19?,20?,21+,22+,23+,24+/m1/s1. The highest BCUT2D eigenvalue weighted by Crippen LogP contribution is 2.73. The SMILES string of the molecule is C[C@@H]1CC[C@]2(C)C3CC[C@]45CCC[C@]6(CO6)[C@H]4CCC5C3CC[C@H]2C1. The fourth-order valence-corrected chi connectivity index (χ4v) is 9.88. The lowest BCUT2D eigenvalue weighted by atomic mass is 9.42. The molecule has 5 aliphatic carbocycles. The lowest BCUT2D eigenvalue weighted by Gasteiger charge is -2.62. The zero-order valence-corrected chi connectivity index (χ0v) is 16.6. The number of epoxide rings is 1. The van der Waals surface area contributed by atoms with Gasteiger partial charge in [0.2, 0.25) is 0 Å². The van der Waals surface area contributed by atoms with E-state index in [-0.39, 0.29) is 0 Å². The van der Waals surface area contributed by atoms with E-state index in [2.05, 4.69) is 13.8 Å². The van der Waals surface area contributed by atoms with Crippen molar-refractivity contribution in [2.75, 3.05) is 6.61 Å². The third kappa shape index (κ3) is 1.95. The first-order valence-electron chi connectivity index (χ1n) is 11.7. The molecule has 0 aromatic rings. The van der Waals surface area contributed by atoms with Gasteiger partial charge in [0.15, 0.2) is 0 Å². The summed E-state index contributed by atoms with van der Waals surface area (Å²) >= 11 is 0. The van der Waals surface area contributed by atoms with Crippen molar-refractivity contribution in [3.8, 4) is 0 Å². The number of rotatable bonds is 0. The Labute approximate surface area is 154 Å². The zero-order valence-electron chi connectivity index (χ0n) is 16.6. The van der Waals surface area contributed by atoms with Gasteiger partial charge >= 0.3 is 0 Å². The number of ether oxygens (including phenoxy) is 1. The number of fused-ring (bicyclic) bond motifs is 5. The van der Waals surface area contributed by atoms with Crippen molar-refractivity contribution < 1.29 is 4.74 Å². The Balaban J connectivity index is 1.33. The van der Waals surface area contributed by atoms with Crippen molar-refractivity contribution in [1.29, 1.82) is 0 Å². The van der Waals surface area contributed by atoms with Crippen LogP contribution in [0.15, 0.2) is 0 Å². The second-order valence-electron chi connectivity index (χ2n) is 11.6. The summed E-state index contributed by atoms with van der Waals surface area (Å²) in [5.74, 6) is 6.18. The molecule has 9 atom stereocenters. The van der Waals surface area contributed by atoms with Gasteiger partial charge < -0.3 is 4.74 Å². The molecule has 1 heteroatoms. The van der Waals surface area contributed by atoms with E-state index in [1.54, 1.807) is 38.5 Å². The Kier molecular flexibility index (Phi) is 3.23. The maximum absolute atomic E-state index is 6.15. The molecule has 0 aromatic carbocycles. The van der Waals surface area contributed by atoms with E-state index in [0.29, 0.717) is 16.4 Å². The van der Waals surface area contributed by atoms with E-state index in [4.69, 9.17) is 4.74 Å². The molecule has 6 rings (SSSR count). The second-order valence-corrected chi connectivity index (χ2v) is 11.6. The minimum atomic E-state index is 0.376. The summed E-state index contributed by atoms with van der Waals surface area (Å²) in [5.41, 5.74) is 1.78. The van der Waals surface area contributed by atoms with Gasteiger partial charge in [-0.1, -0.05) is 20.3 Å². The molecule has 0 amide bonds. The molecule has 1 nitrogen and oxygen atoms in total. The van der Waals surface area contributed by atoms with E-state index < -0.39 is 0 Å². The Bertz CT molecular complexity index is 564. The van der Waals surface area contributed by atoms with E-state index in [0.717, 1.165) is 42.1 Å². The van der Waals surface area contributed by atoms with E-state index in [9.17, 15) is 0 Å². The van der Waals surface area contributed by atoms with Crippen LogP contribution in [0.5, 0.6) is 0 Å². The summed E-state index contributed by atoms with van der Waals surface area (Å²) < 4.78 is 6.15. The van der Waals surface area contributed by atoms with E-state index in [1.165, 1.54) is 38.5 Å². The summed E-state index contributed by atoms with van der Waals surface area (Å²) in [6, 6.07) is 0. The Morgan fingerprint density at radius 1 is 0.840 bits per heavy atom. The van der Waals surface area contributed by atoms with Crippen LogP contribution >= 0.6 is 0 Å². The van der Waals surface area contributed by atoms with Crippen LogP contribution in [0.4, 0.5) is 0 Å². The normalized spacial score (nSPS) is 62.6. The Morgan fingerprint density at radius 2 is 1.72 bits per heavy atom. The molecule has 0 bridgehead atoms. The fourth-order valence-electron chi connectivity index (χ4n) is 9.88. The minimum absolute atomic E-state index is 0.376. The molecule has 1 heterocycles. The van der Waals surface area contributed by atoms with Crippen molar-refractivity contribution in [3.05, 3.63) is 0 Å². The monoisotopic (exact) mass is 342 g/mol. The molecule has 1 saturated heterocycles. The summed E-state index contributed by atoms with van der Waals surface area (Å²) in [6.07, 6.45) is 18.3. The molecular formula is C24H38O. The second kappa shape index (κ2) is 5.06. The average Bonchev–Trinajstić information content (AvgIpc) is 3.24. The predicted octanol–water partition coefficient (Wildman–Crippen LogP) is 6.21.